The minimum atomic E-state index is -0.0250. The molecule has 0 spiro atoms. The van der Waals surface area contributed by atoms with Crippen molar-refractivity contribution in [2.24, 2.45) is 0 Å². The van der Waals surface area contributed by atoms with E-state index in [1.807, 2.05) is 24.3 Å². The lowest BCUT2D eigenvalue weighted by molar-refractivity contribution is 0.0104. The van der Waals surface area contributed by atoms with Gasteiger partial charge in [-0.3, -0.25) is 0 Å². The highest BCUT2D eigenvalue weighted by molar-refractivity contribution is 9.10. The molecule has 1 unspecified atom stereocenters. The Hall–Kier alpha value is -1.52. The summed E-state index contributed by atoms with van der Waals surface area (Å²) in [6.07, 6.45) is 0.940. The molecular formula is C16H16BrNO2. The molecule has 1 heterocycles. The first kappa shape index (κ1) is 13.5. The predicted octanol–water partition coefficient (Wildman–Crippen LogP) is 3.72. The molecule has 0 fully saturated rings. The van der Waals surface area contributed by atoms with Gasteiger partial charge in [0, 0.05) is 4.47 Å². The molecule has 4 heteroatoms. The molecule has 2 N–H and O–H groups in total. The Labute approximate surface area is 126 Å². The summed E-state index contributed by atoms with van der Waals surface area (Å²) < 4.78 is 12.6. The van der Waals surface area contributed by atoms with E-state index in [1.54, 1.807) is 0 Å². The van der Waals surface area contributed by atoms with Crippen molar-refractivity contribution < 1.29 is 9.47 Å². The van der Waals surface area contributed by atoms with Gasteiger partial charge < -0.3 is 15.2 Å². The number of halogens is 1. The van der Waals surface area contributed by atoms with Crippen molar-refractivity contribution in [2.75, 3.05) is 18.9 Å². The molecular weight excluding hydrogens is 318 g/mol. The van der Waals surface area contributed by atoms with E-state index in [0.29, 0.717) is 18.0 Å². The van der Waals surface area contributed by atoms with Gasteiger partial charge in [0.05, 0.1) is 12.3 Å². The lowest BCUT2D eigenvalue weighted by Gasteiger charge is -2.26. The smallest absolute Gasteiger partial charge is 0.142 e. The fourth-order valence-corrected chi connectivity index (χ4v) is 2.81. The number of hydrogen-bond donors (Lipinski definition) is 1. The molecule has 0 saturated heterocycles. The molecule has 3 nitrogen and oxygen atoms in total. The highest BCUT2D eigenvalue weighted by atomic mass is 79.9. The van der Waals surface area contributed by atoms with Crippen LogP contribution in [0.1, 0.15) is 17.2 Å². The fourth-order valence-electron chi connectivity index (χ4n) is 2.43. The lowest BCUT2D eigenvalue weighted by atomic mass is 9.98. The molecule has 3 rings (SSSR count). The Kier molecular flexibility index (Phi) is 3.94. The zero-order chi connectivity index (χ0) is 13.9. The zero-order valence-corrected chi connectivity index (χ0v) is 12.6. The second-order valence-corrected chi connectivity index (χ2v) is 5.72. The van der Waals surface area contributed by atoms with Crippen LogP contribution >= 0.6 is 15.9 Å². The molecule has 1 atom stereocenters. The maximum atomic E-state index is 5.94. The highest BCUT2D eigenvalue weighted by Crippen LogP contribution is 2.30. The average Bonchev–Trinajstić information content (AvgIpc) is 2.46. The van der Waals surface area contributed by atoms with E-state index in [0.717, 1.165) is 17.5 Å². The molecule has 1 aliphatic rings. The van der Waals surface area contributed by atoms with Crippen molar-refractivity contribution in [1.29, 1.82) is 0 Å². The normalized spacial score (nSPS) is 17.6. The van der Waals surface area contributed by atoms with Gasteiger partial charge in [0.15, 0.2) is 0 Å². The van der Waals surface area contributed by atoms with E-state index in [4.69, 9.17) is 15.2 Å². The van der Waals surface area contributed by atoms with E-state index >= 15 is 0 Å². The van der Waals surface area contributed by atoms with Crippen LogP contribution in [0.5, 0.6) is 5.75 Å². The van der Waals surface area contributed by atoms with Crippen molar-refractivity contribution >= 4 is 21.6 Å². The van der Waals surface area contributed by atoms with Gasteiger partial charge in [0.1, 0.15) is 18.5 Å². The van der Waals surface area contributed by atoms with E-state index in [1.165, 1.54) is 11.1 Å². The van der Waals surface area contributed by atoms with Crippen molar-refractivity contribution in [3.8, 4) is 5.75 Å². The van der Waals surface area contributed by atoms with Crippen LogP contribution in [0.4, 0.5) is 5.69 Å². The first-order valence-corrected chi connectivity index (χ1v) is 7.40. The first-order chi connectivity index (χ1) is 9.74. The lowest BCUT2D eigenvalue weighted by Crippen LogP contribution is -2.21. The number of nitrogen functional groups attached to an aromatic ring is 1. The second-order valence-electron chi connectivity index (χ2n) is 4.80. The van der Waals surface area contributed by atoms with Gasteiger partial charge in [-0.2, -0.15) is 0 Å². The van der Waals surface area contributed by atoms with Gasteiger partial charge in [-0.1, -0.05) is 40.2 Å². The van der Waals surface area contributed by atoms with Crippen molar-refractivity contribution in [1.82, 2.24) is 0 Å². The van der Waals surface area contributed by atoms with E-state index in [-0.39, 0.29) is 6.10 Å². The SMILES string of the molecule is Nc1cc(Br)ccc1OCC1OCCc2ccccc21. The maximum absolute atomic E-state index is 5.94. The van der Waals surface area contributed by atoms with Crippen LogP contribution in [-0.4, -0.2) is 13.2 Å². The quantitative estimate of drug-likeness (QED) is 0.870. The summed E-state index contributed by atoms with van der Waals surface area (Å²) in [4.78, 5) is 0. The fraction of sp³-hybridized carbons (Fsp3) is 0.250. The summed E-state index contributed by atoms with van der Waals surface area (Å²) in [6.45, 7) is 1.21. The number of nitrogens with two attached hydrogens (primary N) is 1. The van der Waals surface area contributed by atoms with E-state index in [2.05, 4.69) is 34.1 Å². The Balaban J connectivity index is 1.73. The summed E-state index contributed by atoms with van der Waals surface area (Å²) >= 11 is 3.39. The third-order valence-corrected chi connectivity index (χ3v) is 3.95. The van der Waals surface area contributed by atoms with Crippen molar-refractivity contribution in [3.05, 3.63) is 58.1 Å². The number of hydrogen-bond acceptors (Lipinski definition) is 3. The molecule has 0 bridgehead atoms. The summed E-state index contributed by atoms with van der Waals surface area (Å²) in [5.41, 5.74) is 9.12. The number of rotatable bonds is 3. The topological polar surface area (TPSA) is 44.5 Å². The third kappa shape index (κ3) is 2.81. The average molecular weight is 334 g/mol. The van der Waals surface area contributed by atoms with Crippen molar-refractivity contribution in [3.63, 3.8) is 0 Å². The largest absolute Gasteiger partial charge is 0.488 e. The second kappa shape index (κ2) is 5.85. The first-order valence-electron chi connectivity index (χ1n) is 6.61. The Morgan fingerprint density at radius 3 is 2.95 bits per heavy atom. The number of anilines is 1. The molecule has 20 heavy (non-hydrogen) atoms. The summed E-state index contributed by atoms with van der Waals surface area (Å²) in [5.74, 6) is 0.694. The van der Waals surface area contributed by atoms with Crippen LogP contribution in [0.25, 0.3) is 0 Å². The zero-order valence-electron chi connectivity index (χ0n) is 11.0. The van der Waals surface area contributed by atoms with Crippen molar-refractivity contribution in [2.45, 2.75) is 12.5 Å². The van der Waals surface area contributed by atoms with Gasteiger partial charge in [-0.15, -0.1) is 0 Å². The molecule has 1 aliphatic heterocycles. The van der Waals surface area contributed by atoms with Gasteiger partial charge in [-0.05, 0) is 35.7 Å². The summed E-state index contributed by atoms with van der Waals surface area (Å²) in [6, 6.07) is 14.0. The molecule has 0 aliphatic carbocycles. The van der Waals surface area contributed by atoms with Crippen LogP contribution < -0.4 is 10.5 Å². The standard InChI is InChI=1S/C16H16BrNO2/c17-12-5-6-15(14(18)9-12)20-10-16-13-4-2-1-3-11(13)7-8-19-16/h1-6,9,16H,7-8,10,18H2. The van der Waals surface area contributed by atoms with Gasteiger partial charge >= 0.3 is 0 Å². The predicted molar refractivity (Wildman–Crippen MR) is 82.9 cm³/mol. The molecule has 0 aromatic heterocycles. The minimum absolute atomic E-state index is 0.0250. The van der Waals surface area contributed by atoms with Gasteiger partial charge in [0.25, 0.3) is 0 Å². The van der Waals surface area contributed by atoms with Crippen LogP contribution in [0, 0.1) is 0 Å². The van der Waals surface area contributed by atoms with Gasteiger partial charge in [-0.25, -0.2) is 0 Å². The van der Waals surface area contributed by atoms with E-state index < -0.39 is 0 Å². The van der Waals surface area contributed by atoms with Crippen LogP contribution in [0.2, 0.25) is 0 Å². The maximum Gasteiger partial charge on any atom is 0.142 e. The summed E-state index contributed by atoms with van der Waals surface area (Å²) in [5, 5.41) is 0. The number of benzene rings is 2. The molecule has 2 aromatic carbocycles. The molecule has 0 radical (unpaired) electrons. The monoisotopic (exact) mass is 333 g/mol. The van der Waals surface area contributed by atoms with E-state index in [9.17, 15) is 0 Å². The summed E-state index contributed by atoms with van der Waals surface area (Å²) in [7, 11) is 0. The number of ether oxygens (including phenoxy) is 2. The van der Waals surface area contributed by atoms with Gasteiger partial charge in [0.2, 0.25) is 0 Å². The van der Waals surface area contributed by atoms with Crippen LogP contribution in [-0.2, 0) is 11.2 Å². The molecule has 104 valence electrons. The number of fused-ring (bicyclic) bond motifs is 1. The Bertz CT molecular complexity index is 615. The van der Waals surface area contributed by atoms with Crippen LogP contribution in [0.15, 0.2) is 46.9 Å². The Morgan fingerprint density at radius 2 is 2.10 bits per heavy atom. The third-order valence-electron chi connectivity index (χ3n) is 3.45. The highest BCUT2D eigenvalue weighted by Gasteiger charge is 2.21. The Morgan fingerprint density at radius 1 is 1.25 bits per heavy atom. The molecule has 0 saturated carbocycles. The van der Waals surface area contributed by atoms with Crippen LogP contribution in [0.3, 0.4) is 0 Å². The minimum Gasteiger partial charge on any atom is -0.488 e. The molecule has 2 aromatic rings. The molecule has 0 amide bonds.